The van der Waals surface area contributed by atoms with E-state index in [1.165, 1.54) is 13.0 Å². The van der Waals surface area contributed by atoms with E-state index in [9.17, 15) is 13.2 Å². The van der Waals surface area contributed by atoms with Crippen LogP contribution in [0, 0.1) is 20.8 Å². The van der Waals surface area contributed by atoms with Gasteiger partial charge in [0, 0.05) is 0 Å². The number of hydrogen-bond acceptors (Lipinski definition) is 3. The summed E-state index contributed by atoms with van der Waals surface area (Å²) in [4.78, 5) is 10.4. The zero-order chi connectivity index (χ0) is 12.7. The van der Waals surface area contributed by atoms with Gasteiger partial charge in [-0.2, -0.15) is 8.42 Å². The molecule has 1 aromatic carbocycles. The van der Waals surface area contributed by atoms with Crippen molar-refractivity contribution in [2.45, 2.75) is 25.7 Å². The fourth-order valence-electron chi connectivity index (χ4n) is 1.55. The number of aromatic carboxylic acids is 1. The second-order valence-electron chi connectivity index (χ2n) is 3.60. The highest BCUT2D eigenvalue weighted by atomic mass is 32.2. The van der Waals surface area contributed by atoms with E-state index < -0.39 is 26.5 Å². The molecule has 0 aromatic heterocycles. The van der Waals surface area contributed by atoms with Crippen molar-refractivity contribution in [1.29, 1.82) is 0 Å². The average Bonchev–Trinajstić information content (AvgIpc) is 2.10. The zero-order valence-corrected chi connectivity index (χ0v) is 9.92. The normalized spacial score (nSPS) is 11.5. The molecule has 0 atom stereocenters. The fourth-order valence-corrected chi connectivity index (χ4v) is 2.51. The van der Waals surface area contributed by atoms with Gasteiger partial charge in [-0.25, -0.2) is 4.79 Å². The van der Waals surface area contributed by atoms with E-state index in [2.05, 4.69) is 0 Å². The van der Waals surface area contributed by atoms with Gasteiger partial charge in [0.25, 0.3) is 10.1 Å². The van der Waals surface area contributed by atoms with Crippen molar-refractivity contribution in [3.05, 3.63) is 28.3 Å². The molecule has 0 spiro atoms. The molecular formula is C10H12O5S. The van der Waals surface area contributed by atoms with Gasteiger partial charge in [-0.1, -0.05) is 0 Å². The molecule has 1 aromatic rings. The molecule has 0 heterocycles. The third-order valence-corrected chi connectivity index (χ3v) is 3.63. The van der Waals surface area contributed by atoms with Crippen molar-refractivity contribution >= 4 is 16.1 Å². The fraction of sp³-hybridized carbons (Fsp3) is 0.300. The Morgan fingerprint density at radius 2 is 1.69 bits per heavy atom. The number of hydrogen-bond donors (Lipinski definition) is 2. The molecule has 16 heavy (non-hydrogen) atoms. The summed E-state index contributed by atoms with van der Waals surface area (Å²) in [5.74, 6) is -1.38. The lowest BCUT2D eigenvalue weighted by Gasteiger charge is -2.12. The molecule has 0 aliphatic carbocycles. The van der Waals surface area contributed by atoms with Crippen LogP contribution in [0.1, 0.15) is 27.0 Å². The number of carbonyl (C=O) groups is 1. The number of aryl methyl sites for hydroxylation is 1. The first kappa shape index (κ1) is 12.7. The van der Waals surface area contributed by atoms with Gasteiger partial charge in [0.15, 0.2) is 0 Å². The van der Waals surface area contributed by atoms with E-state index in [1.807, 2.05) is 0 Å². The summed E-state index contributed by atoms with van der Waals surface area (Å²) in [7, 11) is -4.53. The van der Waals surface area contributed by atoms with Gasteiger partial charge >= 0.3 is 5.97 Å². The molecule has 0 fully saturated rings. The molecule has 1 rings (SSSR count). The molecule has 0 saturated carbocycles. The Morgan fingerprint density at radius 3 is 2.06 bits per heavy atom. The molecule has 5 nitrogen and oxygen atoms in total. The first-order chi connectivity index (χ1) is 7.16. The summed E-state index contributed by atoms with van der Waals surface area (Å²) in [5.41, 5.74) is 1.18. The van der Waals surface area contributed by atoms with Gasteiger partial charge < -0.3 is 5.11 Å². The van der Waals surface area contributed by atoms with Crippen LogP contribution in [-0.2, 0) is 10.1 Å². The van der Waals surface area contributed by atoms with Crippen LogP contribution >= 0.6 is 0 Å². The molecular weight excluding hydrogens is 232 g/mol. The molecule has 0 unspecified atom stereocenters. The van der Waals surface area contributed by atoms with Gasteiger partial charge in [0.2, 0.25) is 0 Å². The maximum absolute atomic E-state index is 11.1. The number of carboxylic acid groups (broad SMARTS) is 1. The van der Waals surface area contributed by atoms with Gasteiger partial charge in [-0.15, -0.1) is 0 Å². The summed E-state index contributed by atoms with van der Waals surface area (Å²) in [6.45, 7) is 4.82. The average molecular weight is 244 g/mol. The van der Waals surface area contributed by atoms with Crippen molar-refractivity contribution in [3.8, 4) is 0 Å². The standard InChI is InChI=1S/C10H12O5S/c1-5-4-8(10(11)12)9(16(13,14)15)7(3)6(5)2/h4H,1-3H3,(H,11,12)(H,13,14,15). The van der Waals surface area contributed by atoms with Crippen molar-refractivity contribution in [3.63, 3.8) is 0 Å². The lowest BCUT2D eigenvalue weighted by Crippen LogP contribution is -2.12. The smallest absolute Gasteiger partial charge is 0.337 e. The monoisotopic (exact) mass is 244 g/mol. The number of benzene rings is 1. The van der Waals surface area contributed by atoms with E-state index in [4.69, 9.17) is 9.66 Å². The van der Waals surface area contributed by atoms with Crippen LogP contribution in [0.25, 0.3) is 0 Å². The molecule has 0 aliphatic rings. The second-order valence-corrected chi connectivity index (χ2v) is 4.96. The highest BCUT2D eigenvalue weighted by molar-refractivity contribution is 7.86. The number of rotatable bonds is 2. The van der Waals surface area contributed by atoms with Crippen molar-refractivity contribution in [2.75, 3.05) is 0 Å². The highest BCUT2D eigenvalue weighted by Crippen LogP contribution is 2.26. The van der Waals surface area contributed by atoms with E-state index in [0.29, 0.717) is 11.1 Å². The SMILES string of the molecule is Cc1cc(C(=O)O)c(S(=O)(=O)O)c(C)c1C. The molecule has 0 amide bonds. The first-order valence-electron chi connectivity index (χ1n) is 4.48. The third-order valence-electron chi connectivity index (χ3n) is 2.59. The van der Waals surface area contributed by atoms with E-state index in [1.54, 1.807) is 13.8 Å². The predicted octanol–water partition coefficient (Wildman–Crippen LogP) is 1.56. The van der Waals surface area contributed by atoms with Crippen molar-refractivity contribution < 1.29 is 22.9 Å². The van der Waals surface area contributed by atoms with Gasteiger partial charge in [0.05, 0.1) is 5.56 Å². The summed E-state index contributed by atoms with van der Waals surface area (Å²) in [6, 6.07) is 1.24. The van der Waals surface area contributed by atoms with Gasteiger partial charge in [-0.05, 0) is 43.5 Å². The summed E-state index contributed by atoms with van der Waals surface area (Å²) in [5, 5.41) is 8.89. The quantitative estimate of drug-likeness (QED) is 0.770. The second kappa shape index (κ2) is 3.88. The van der Waals surface area contributed by atoms with E-state index >= 15 is 0 Å². The summed E-state index contributed by atoms with van der Waals surface area (Å²) in [6.07, 6.45) is 0. The lowest BCUT2D eigenvalue weighted by atomic mass is 10.0. The van der Waals surface area contributed by atoms with E-state index in [-0.39, 0.29) is 5.56 Å². The van der Waals surface area contributed by atoms with Crippen molar-refractivity contribution in [1.82, 2.24) is 0 Å². The van der Waals surface area contributed by atoms with Crippen LogP contribution in [0.2, 0.25) is 0 Å². The maximum atomic E-state index is 11.1. The summed E-state index contributed by atoms with van der Waals surface area (Å²) >= 11 is 0. The molecule has 2 N–H and O–H groups in total. The minimum atomic E-state index is -4.53. The Morgan fingerprint density at radius 1 is 1.19 bits per heavy atom. The number of carboxylic acids is 1. The minimum absolute atomic E-state index is 0.264. The van der Waals surface area contributed by atoms with E-state index in [0.717, 1.165) is 0 Å². The Kier molecular flexibility index (Phi) is 3.07. The van der Waals surface area contributed by atoms with Crippen LogP contribution in [-0.4, -0.2) is 24.0 Å². The molecule has 0 bridgehead atoms. The Bertz CT molecular complexity index is 557. The molecule has 88 valence electrons. The lowest BCUT2D eigenvalue weighted by molar-refractivity contribution is 0.0692. The van der Waals surface area contributed by atoms with Crippen molar-refractivity contribution in [2.24, 2.45) is 0 Å². The molecule has 6 heteroatoms. The first-order valence-corrected chi connectivity index (χ1v) is 5.92. The topological polar surface area (TPSA) is 91.7 Å². The largest absolute Gasteiger partial charge is 0.478 e. The molecule has 0 radical (unpaired) electrons. The Labute approximate surface area is 93.5 Å². The highest BCUT2D eigenvalue weighted by Gasteiger charge is 2.24. The summed E-state index contributed by atoms with van der Waals surface area (Å²) < 4.78 is 31.3. The van der Waals surface area contributed by atoms with Gasteiger partial charge in [0.1, 0.15) is 4.90 Å². The Balaban J connectivity index is 3.83. The minimum Gasteiger partial charge on any atom is -0.478 e. The predicted molar refractivity (Wildman–Crippen MR) is 57.4 cm³/mol. The third kappa shape index (κ3) is 2.07. The van der Waals surface area contributed by atoms with Crippen LogP contribution in [0.4, 0.5) is 0 Å². The van der Waals surface area contributed by atoms with Crippen LogP contribution in [0.5, 0.6) is 0 Å². The molecule has 0 saturated heterocycles. The zero-order valence-electron chi connectivity index (χ0n) is 9.10. The van der Waals surface area contributed by atoms with Crippen LogP contribution in [0.15, 0.2) is 11.0 Å². The van der Waals surface area contributed by atoms with Crippen LogP contribution < -0.4 is 0 Å². The Hall–Kier alpha value is -1.40. The van der Waals surface area contributed by atoms with Gasteiger partial charge in [-0.3, -0.25) is 4.55 Å². The van der Waals surface area contributed by atoms with Crippen LogP contribution in [0.3, 0.4) is 0 Å². The molecule has 0 aliphatic heterocycles. The maximum Gasteiger partial charge on any atom is 0.337 e.